The highest BCUT2D eigenvalue weighted by Gasteiger charge is 2.47. The Labute approximate surface area is 148 Å². The molecule has 0 radical (unpaired) electrons. The van der Waals surface area contributed by atoms with E-state index in [0.717, 1.165) is 40.5 Å². The molecule has 4 rings (SSSR count). The van der Waals surface area contributed by atoms with Crippen LogP contribution in [0.3, 0.4) is 0 Å². The lowest BCUT2D eigenvalue weighted by atomic mass is 9.77. The van der Waals surface area contributed by atoms with Gasteiger partial charge in [0.05, 0.1) is 0 Å². The minimum absolute atomic E-state index is 0.901. The molecule has 1 nitrogen and oxygen atoms in total. The van der Waals surface area contributed by atoms with Crippen molar-refractivity contribution in [2.75, 3.05) is 0 Å². The van der Waals surface area contributed by atoms with E-state index in [1.54, 1.807) is 0 Å². The van der Waals surface area contributed by atoms with Gasteiger partial charge < -0.3 is 0 Å². The summed E-state index contributed by atoms with van der Waals surface area (Å²) in [5.74, 6) is 1.91. The van der Waals surface area contributed by atoms with Gasteiger partial charge in [-0.05, 0) is 63.2 Å². The molecule has 1 heterocycles. The summed E-state index contributed by atoms with van der Waals surface area (Å²) in [5, 5.41) is 1.96. The summed E-state index contributed by atoms with van der Waals surface area (Å²) >= 11 is 2.43. The molecule has 3 saturated carbocycles. The molecule has 0 aromatic heterocycles. The largest absolute Gasteiger partial charge is 0.292 e. The van der Waals surface area contributed by atoms with Gasteiger partial charge in [-0.25, -0.2) is 0 Å². The van der Waals surface area contributed by atoms with Gasteiger partial charge in [0.1, 0.15) is 0 Å². The van der Waals surface area contributed by atoms with Crippen LogP contribution >= 0.6 is 11.8 Å². The summed E-state index contributed by atoms with van der Waals surface area (Å²) in [4.78, 5) is 3.15. The Bertz CT molecular complexity index is 365. The zero-order valence-corrected chi connectivity index (χ0v) is 16.2. The first-order chi connectivity index (χ1) is 11.2. The van der Waals surface area contributed by atoms with Crippen molar-refractivity contribution in [2.45, 2.75) is 120 Å². The third-order valence-corrected chi connectivity index (χ3v) is 9.36. The summed E-state index contributed by atoms with van der Waals surface area (Å²) in [5.41, 5.74) is 0. The van der Waals surface area contributed by atoms with Crippen LogP contribution in [0.25, 0.3) is 0 Å². The van der Waals surface area contributed by atoms with Gasteiger partial charge in [0.15, 0.2) is 0 Å². The van der Waals surface area contributed by atoms with E-state index in [1.807, 2.05) is 0 Å². The summed E-state index contributed by atoms with van der Waals surface area (Å²) in [6.07, 6.45) is 18.0. The number of rotatable bonds is 2. The Morgan fingerprint density at radius 3 is 1.74 bits per heavy atom. The molecular formula is C21H37NS. The second kappa shape index (κ2) is 7.28. The Morgan fingerprint density at radius 1 is 0.696 bits per heavy atom. The highest BCUT2D eigenvalue weighted by Crippen LogP contribution is 2.48. The zero-order valence-electron chi connectivity index (χ0n) is 15.4. The van der Waals surface area contributed by atoms with E-state index >= 15 is 0 Å². The maximum absolute atomic E-state index is 3.15. The van der Waals surface area contributed by atoms with Crippen molar-refractivity contribution < 1.29 is 0 Å². The van der Waals surface area contributed by atoms with Gasteiger partial charge >= 0.3 is 0 Å². The van der Waals surface area contributed by atoms with Crippen LogP contribution in [0.5, 0.6) is 0 Å². The van der Waals surface area contributed by atoms with Gasteiger partial charge in [-0.1, -0.05) is 39.5 Å². The average Bonchev–Trinajstić information content (AvgIpc) is 2.59. The number of thioether (sulfide) groups is 1. The summed E-state index contributed by atoms with van der Waals surface area (Å²) in [6, 6.07) is 2.81. The third-order valence-electron chi connectivity index (χ3n) is 7.56. The van der Waals surface area contributed by atoms with Gasteiger partial charge in [0.25, 0.3) is 0 Å². The van der Waals surface area contributed by atoms with Crippen LogP contribution in [-0.2, 0) is 0 Å². The van der Waals surface area contributed by atoms with Crippen LogP contribution in [0, 0.1) is 11.8 Å². The van der Waals surface area contributed by atoms with Crippen molar-refractivity contribution in [2.24, 2.45) is 11.8 Å². The molecule has 1 saturated heterocycles. The smallest absolute Gasteiger partial charge is 0.0221 e. The van der Waals surface area contributed by atoms with Crippen molar-refractivity contribution in [3.63, 3.8) is 0 Å². The number of nitrogens with zero attached hydrogens (tertiary/aromatic N) is 1. The molecule has 4 unspecified atom stereocenters. The molecule has 132 valence electrons. The molecule has 2 heteroatoms. The lowest BCUT2D eigenvalue weighted by Crippen LogP contribution is -2.62. The molecule has 4 atom stereocenters. The molecule has 0 amide bonds. The average molecular weight is 336 g/mol. The first-order valence-corrected chi connectivity index (χ1v) is 11.6. The molecule has 4 fully saturated rings. The molecule has 0 aromatic rings. The Balaban J connectivity index is 1.51. The third kappa shape index (κ3) is 3.36. The molecule has 0 spiro atoms. The number of fused-ring (bicyclic) bond motifs is 2. The SMILES string of the molecule is CC(C)C1CCC(N2C3CCCCC3SC3CCCCC32)CC1. The molecule has 3 aliphatic carbocycles. The van der Waals surface area contributed by atoms with Crippen LogP contribution in [0.1, 0.15) is 90.9 Å². The predicted octanol–water partition coefficient (Wildman–Crippen LogP) is 5.87. The summed E-state index contributed by atoms with van der Waals surface area (Å²) in [7, 11) is 0. The fourth-order valence-corrected chi connectivity index (χ4v) is 8.20. The minimum atomic E-state index is 0.901. The highest BCUT2D eigenvalue weighted by atomic mass is 32.2. The molecule has 4 aliphatic rings. The Kier molecular flexibility index (Phi) is 5.30. The van der Waals surface area contributed by atoms with Crippen LogP contribution in [0.4, 0.5) is 0 Å². The van der Waals surface area contributed by atoms with E-state index < -0.39 is 0 Å². The molecule has 0 N–H and O–H groups in total. The van der Waals surface area contributed by atoms with E-state index in [1.165, 1.54) is 77.0 Å². The first-order valence-electron chi connectivity index (χ1n) is 10.7. The van der Waals surface area contributed by atoms with E-state index in [9.17, 15) is 0 Å². The predicted molar refractivity (Wildman–Crippen MR) is 102 cm³/mol. The van der Waals surface area contributed by atoms with Gasteiger partial charge in [-0.2, -0.15) is 11.8 Å². The minimum Gasteiger partial charge on any atom is -0.292 e. The van der Waals surface area contributed by atoms with Crippen molar-refractivity contribution in [3.8, 4) is 0 Å². The second-order valence-corrected chi connectivity index (χ2v) is 10.7. The zero-order chi connectivity index (χ0) is 15.8. The standard InChI is InChI=1S/C21H37NS/c1-15(2)16-11-13-17(14-12-16)22-18-7-3-5-9-20(18)23-21-10-6-4-8-19(21)22/h15-21H,3-14H2,1-2H3. The van der Waals surface area contributed by atoms with E-state index in [0.29, 0.717) is 0 Å². The lowest BCUT2D eigenvalue weighted by Gasteiger charge is -2.57. The Hall–Kier alpha value is 0.310. The fourth-order valence-electron chi connectivity index (χ4n) is 6.23. The maximum atomic E-state index is 3.15. The topological polar surface area (TPSA) is 3.24 Å². The summed E-state index contributed by atoms with van der Waals surface area (Å²) in [6.45, 7) is 4.88. The van der Waals surface area contributed by atoms with Crippen LogP contribution in [-0.4, -0.2) is 33.5 Å². The molecule has 0 bridgehead atoms. The van der Waals surface area contributed by atoms with E-state index in [-0.39, 0.29) is 0 Å². The maximum Gasteiger partial charge on any atom is 0.0221 e. The van der Waals surface area contributed by atoms with Gasteiger partial charge in [0, 0.05) is 28.6 Å². The van der Waals surface area contributed by atoms with Crippen LogP contribution in [0.2, 0.25) is 0 Å². The van der Waals surface area contributed by atoms with Gasteiger partial charge in [-0.3, -0.25) is 4.90 Å². The van der Waals surface area contributed by atoms with Crippen LogP contribution in [0.15, 0.2) is 0 Å². The number of hydrogen-bond acceptors (Lipinski definition) is 2. The monoisotopic (exact) mass is 335 g/mol. The normalized spacial score (nSPS) is 45.5. The molecule has 23 heavy (non-hydrogen) atoms. The lowest BCUT2D eigenvalue weighted by molar-refractivity contribution is 0.00999. The van der Waals surface area contributed by atoms with E-state index in [4.69, 9.17) is 0 Å². The highest BCUT2D eigenvalue weighted by molar-refractivity contribution is 8.00. The van der Waals surface area contributed by atoms with Crippen molar-refractivity contribution >= 4 is 11.8 Å². The van der Waals surface area contributed by atoms with Gasteiger partial charge in [-0.15, -0.1) is 0 Å². The fraction of sp³-hybridized carbons (Fsp3) is 1.00. The Morgan fingerprint density at radius 2 is 1.22 bits per heavy atom. The quantitative estimate of drug-likeness (QED) is 0.620. The summed E-state index contributed by atoms with van der Waals surface area (Å²) < 4.78 is 0. The van der Waals surface area contributed by atoms with Gasteiger partial charge in [0.2, 0.25) is 0 Å². The van der Waals surface area contributed by atoms with Crippen molar-refractivity contribution in [1.82, 2.24) is 4.90 Å². The van der Waals surface area contributed by atoms with Crippen molar-refractivity contribution in [3.05, 3.63) is 0 Å². The molecule has 0 aromatic carbocycles. The van der Waals surface area contributed by atoms with Crippen molar-refractivity contribution in [1.29, 1.82) is 0 Å². The molecular weight excluding hydrogens is 298 g/mol. The number of hydrogen-bond donors (Lipinski definition) is 0. The second-order valence-electron chi connectivity index (χ2n) is 9.18. The van der Waals surface area contributed by atoms with Crippen LogP contribution < -0.4 is 0 Å². The molecule has 1 aliphatic heterocycles. The van der Waals surface area contributed by atoms with E-state index in [2.05, 4.69) is 30.5 Å². The first kappa shape index (κ1) is 16.8.